The maximum Gasteiger partial charge on any atom is 0.281 e. The number of pyridine rings is 1. The van der Waals surface area contributed by atoms with E-state index in [9.17, 15) is 13.6 Å². The Balaban J connectivity index is 1.59. The number of allylic oxidation sites excluding steroid dienone is 1. The summed E-state index contributed by atoms with van der Waals surface area (Å²) in [5, 5.41) is 16.4. The van der Waals surface area contributed by atoms with Crippen LogP contribution in [0.5, 0.6) is 0 Å². The van der Waals surface area contributed by atoms with E-state index in [2.05, 4.69) is 25.8 Å². The Bertz CT molecular complexity index is 742. The van der Waals surface area contributed by atoms with Crippen molar-refractivity contribution in [3.8, 4) is 0 Å². The second-order valence-electron chi connectivity index (χ2n) is 7.19. The first-order valence-electron chi connectivity index (χ1n) is 9.47. The fourth-order valence-electron chi connectivity index (χ4n) is 3.44. The standard InChI is InChI=1S/C19H26F2N6O/c1-12-3-2-4-15(25-12)19(28)26-16(17(22)18(20)21)9-24-13-10-27(11-13)14-5-7-23-8-6-14/h2-4,9,13-14,18,22-24H,5-8,10-11H2,1H3,(H,26,28)/b16-9+,22-17?. The number of likely N-dealkylation sites (tertiary alicyclic amines) is 1. The molecule has 2 aliphatic rings. The Hall–Kier alpha value is -2.39. The molecule has 0 aromatic carbocycles. The van der Waals surface area contributed by atoms with E-state index in [1.165, 1.54) is 12.3 Å². The van der Waals surface area contributed by atoms with Gasteiger partial charge in [0.25, 0.3) is 12.3 Å². The van der Waals surface area contributed by atoms with Gasteiger partial charge in [0.05, 0.1) is 11.7 Å². The van der Waals surface area contributed by atoms with Gasteiger partial charge in [-0.3, -0.25) is 15.1 Å². The molecule has 28 heavy (non-hydrogen) atoms. The van der Waals surface area contributed by atoms with Gasteiger partial charge in [-0.15, -0.1) is 0 Å². The van der Waals surface area contributed by atoms with Crippen molar-refractivity contribution in [2.24, 2.45) is 0 Å². The Labute approximate surface area is 163 Å². The summed E-state index contributed by atoms with van der Waals surface area (Å²) in [5.41, 5.74) is -0.395. The van der Waals surface area contributed by atoms with Gasteiger partial charge in [-0.2, -0.15) is 0 Å². The second-order valence-corrected chi connectivity index (χ2v) is 7.19. The van der Waals surface area contributed by atoms with Crippen molar-refractivity contribution in [1.29, 1.82) is 5.41 Å². The molecule has 0 unspecified atom stereocenters. The van der Waals surface area contributed by atoms with Crippen molar-refractivity contribution in [2.45, 2.75) is 38.3 Å². The molecule has 0 radical (unpaired) electrons. The van der Waals surface area contributed by atoms with Crippen LogP contribution in [0.2, 0.25) is 0 Å². The summed E-state index contributed by atoms with van der Waals surface area (Å²) in [6.45, 7) is 5.43. The highest BCUT2D eigenvalue weighted by molar-refractivity contribution is 6.05. The van der Waals surface area contributed by atoms with Crippen LogP contribution >= 0.6 is 0 Å². The van der Waals surface area contributed by atoms with Gasteiger partial charge >= 0.3 is 0 Å². The number of carbonyl (C=O) groups is 1. The summed E-state index contributed by atoms with van der Waals surface area (Å²) < 4.78 is 26.1. The summed E-state index contributed by atoms with van der Waals surface area (Å²) >= 11 is 0. The second kappa shape index (κ2) is 9.20. The summed E-state index contributed by atoms with van der Waals surface area (Å²) in [6, 6.07) is 5.59. The zero-order valence-corrected chi connectivity index (χ0v) is 15.8. The third-order valence-electron chi connectivity index (χ3n) is 5.08. The summed E-state index contributed by atoms with van der Waals surface area (Å²) in [4.78, 5) is 18.8. The number of rotatable bonds is 7. The minimum atomic E-state index is -2.98. The van der Waals surface area contributed by atoms with Crippen molar-refractivity contribution in [2.75, 3.05) is 26.2 Å². The lowest BCUT2D eigenvalue weighted by Gasteiger charge is -2.46. The number of aromatic nitrogens is 1. The highest BCUT2D eigenvalue weighted by Gasteiger charge is 2.32. The first-order chi connectivity index (χ1) is 13.4. The third-order valence-corrected chi connectivity index (χ3v) is 5.08. The first kappa shape index (κ1) is 20.3. The molecule has 3 rings (SSSR count). The number of amides is 1. The summed E-state index contributed by atoms with van der Waals surface area (Å²) in [6.07, 6.45) is 0.561. The van der Waals surface area contributed by atoms with Gasteiger partial charge in [-0.05, 0) is 45.0 Å². The zero-order valence-electron chi connectivity index (χ0n) is 15.8. The molecule has 3 heterocycles. The summed E-state index contributed by atoms with van der Waals surface area (Å²) in [7, 11) is 0. The van der Waals surface area contributed by atoms with E-state index in [1.54, 1.807) is 19.1 Å². The molecule has 2 aliphatic heterocycles. The lowest BCUT2D eigenvalue weighted by Crippen LogP contribution is -2.61. The van der Waals surface area contributed by atoms with Gasteiger partial charge < -0.3 is 16.0 Å². The smallest absolute Gasteiger partial charge is 0.281 e. The number of halogens is 2. The maximum absolute atomic E-state index is 13.0. The highest BCUT2D eigenvalue weighted by Crippen LogP contribution is 2.19. The maximum atomic E-state index is 13.0. The summed E-state index contributed by atoms with van der Waals surface area (Å²) in [5.74, 6) is -0.618. The van der Waals surface area contributed by atoms with Gasteiger partial charge in [0.1, 0.15) is 11.4 Å². The van der Waals surface area contributed by atoms with E-state index in [4.69, 9.17) is 5.41 Å². The molecule has 1 amide bonds. The first-order valence-corrected chi connectivity index (χ1v) is 9.47. The number of nitrogens with zero attached hydrogens (tertiary/aromatic N) is 2. The number of piperidine rings is 1. The van der Waals surface area contributed by atoms with Crippen LogP contribution in [0.15, 0.2) is 30.1 Å². The average molecular weight is 392 g/mol. The number of carbonyl (C=O) groups excluding carboxylic acids is 1. The molecular formula is C19H26F2N6O. The van der Waals surface area contributed by atoms with Gasteiger partial charge in [-0.1, -0.05) is 6.07 Å². The molecule has 0 atom stereocenters. The van der Waals surface area contributed by atoms with Gasteiger partial charge in [-0.25, -0.2) is 13.8 Å². The quantitative estimate of drug-likeness (QED) is 0.525. The minimum Gasteiger partial charge on any atom is -0.384 e. The zero-order chi connectivity index (χ0) is 20.1. The van der Waals surface area contributed by atoms with Crippen molar-refractivity contribution in [1.82, 2.24) is 25.8 Å². The SMILES string of the molecule is Cc1cccc(C(=O)N/C(=C/NC2CN(C3CCNCC3)C2)C(=N)C(F)F)n1. The Morgan fingerprint density at radius 2 is 2.07 bits per heavy atom. The number of hydrogen-bond donors (Lipinski definition) is 4. The van der Waals surface area contributed by atoms with Crippen LogP contribution in [-0.2, 0) is 0 Å². The van der Waals surface area contributed by atoms with Gasteiger partial charge in [0, 0.05) is 31.0 Å². The molecule has 0 aliphatic carbocycles. The van der Waals surface area contributed by atoms with Gasteiger partial charge in [0.15, 0.2) is 0 Å². The highest BCUT2D eigenvalue weighted by atomic mass is 19.3. The van der Waals surface area contributed by atoms with Crippen LogP contribution in [0.3, 0.4) is 0 Å². The molecule has 1 aromatic heterocycles. The van der Waals surface area contributed by atoms with E-state index >= 15 is 0 Å². The molecule has 0 bridgehead atoms. The number of alkyl halides is 2. The normalized spacial score (nSPS) is 19.4. The van der Waals surface area contributed by atoms with E-state index < -0.39 is 18.0 Å². The van der Waals surface area contributed by atoms with Gasteiger partial charge in [0.2, 0.25) is 0 Å². The van der Waals surface area contributed by atoms with Crippen LogP contribution in [0, 0.1) is 12.3 Å². The van der Waals surface area contributed by atoms with Crippen molar-refractivity contribution in [3.05, 3.63) is 41.5 Å². The van der Waals surface area contributed by atoms with Crippen LogP contribution < -0.4 is 16.0 Å². The Morgan fingerprint density at radius 1 is 1.36 bits per heavy atom. The van der Waals surface area contributed by atoms with Crippen molar-refractivity contribution < 1.29 is 13.6 Å². The number of hydrogen-bond acceptors (Lipinski definition) is 6. The predicted molar refractivity (Wildman–Crippen MR) is 103 cm³/mol. The monoisotopic (exact) mass is 392 g/mol. The Morgan fingerprint density at radius 3 is 2.71 bits per heavy atom. The van der Waals surface area contributed by atoms with Crippen LogP contribution in [0.25, 0.3) is 0 Å². The molecule has 7 nitrogen and oxygen atoms in total. The Kier molecular flexibility index (Phi) is 6.69. The fraction of sp³-hybridized carbons (Fsp3) is 0.526. The van der Waals surface area contributed by atoms with E-state index in [1.807, 2.05) is 0 Å². The van der Waals surface area contributed by atoms with Crippen LogP contribution in [0.1, 0.15) is 29.0 Å². The van der Waals surface area contributed by atoms with E-state index in [0.29, 0.717) is 11.7 Å². The molecule has 2 saturated heterocycles. The van der Waals surface area contributed by atoms with Crippen molar-refractivity contribution >= 4 is 11.6 Å². The predicted octanol–water partition coefficient (Wildman–Crippen LogP) is 1.27. The lowest BCUT2D eigenvalue weighted by molar-refractivity contribution is 0.0652. The average Bonchev–Trinajstić information content (AvgIpc) is 2.65. The largest absolute Gasteiger partial charge is 0.384 e. The van der Waals surface area contributed by atoms with Crippen LogP contribution in [0.4, 0.5) is 8.78 Å². The van der Waals surface area contributed by atoms with E-state index in [0.717, 1.165) is 39.0 Å². The number of aryl methyl sites for hydroxylation is 1. The molecule has 152 valence electrons. The molecule has 0 saturated carbocycles. The van der Waals surface area contributed by atoms with E-state index in [-0.39, 0.29) is 17.4 Å². The van der Waals surface area contributed by atoms with Crippen molar-refractivity contribution in [3.63, 3.8) is 0 Å². The minimum absolute atomic E-state index is 0.115. The molecule has 2 fully saturated rings. The molecule has 9 heteroatoms. The molecule has 1 aromatic rings. The molecular weight excluding hydrogens is 366 g/mol. The number of nitrogens with one attached hydrogen (secondary N) is 4. The van der Waals surface area contributed by atoms with Crippen LogP contribution in [-0.4, -0.2) is 66.2 Å². The molecule has 4 N–H and O–H groups in total. The molecule has 0 spiro atoms. The fourth-order valence-corrected chi connectivity index (χ4v) is 3.44. The topological polar surface area (TPSA) is 93.1 Å². The lowest BCUT2D eigenvalue weighted by atomic mass is 9.98. The third kappa shape index (κ3) is 5.11.